The minimum absolute atomic E-state index is 0.826. The van der Waals surface area contributed by atoms with Gasteiger partial charge in [-0.15, -0.1) is 11.3 Å². The summed E-state index contributed by atoms with van der Waals surface area (Å²) in [5.41, 5.74) is 1.16. The molecule has 0 bridgehead atoms. The van der Waals surface area contributed by atoms with Crippen LogP contribution in [0.1, 0.15) is 30.7 Å². The van der Waals surface area contributed by atoms with E-state index in [1.807, 2.05) is 11.3 Å². The first-order chi connectivity index (χ1) is 10.4. The molecule has 21 heavy (non-hydrogen) atoms. The van der Waals surface area contributed by atoms with E-state index in [0.717, 1.165) is 24.0 Å². The maximum atomic E-state index is 4.82. The van der Waals surface area contributed by atoms with Crippen molar-refractivity contribution >= 4 is 21.6 Å². The molecule has 2 aliphatic rings. The zero-order chi connectivity index (χ0) is 14.1. The third-order valence-corrected chi connectivity index (χ3v) is 5.71. The van der Waals surface area contributed by atoms with Gasteiger partial charge in [-0.1, -0.05) is 12.1 Å². The van der Waals surface area contributed by atoms with Gasteiger partial charge < -0.3 is 5.32 Å². The number of nitrogens with one attached hydrogen (secondary N) is 1. The highest BCUT2D eigenvalue weighted by Gasteiger charge is 2.31. The van der Waals surface area contributed by atoms with E-state index in [9.17, 15) is 0 Å². The second-order valence-electron chi connectivity index (χ2n) is 6.43. The SMILES string of the molecule is c1ccc2sc(CN(CC3CCNCC3)C3CC3)nc2c1. The number of thiazole rings is 1. The highest BCUT2D eigenvalue weighted by atomic mass is 32.1. The molecule has 0 radical (unpaired) electrons. The van der Waals surface area contributed by atoms with Crippen LogP contribution in [0, 0.1) is 5.92 Å². The molecular formula is C17H23N3S. The van der Waals surface area contributed by atoms with Gasteiger partial charge in [-0.3, -0.25) is 4.90 Å². The van der Waals surface area contributed by atoms with Gasteiger partial charge >= 0.3 is 0 Å². The third-order valence-electron chi connectivity index (χ3n) is 4.69. The van der Waals surface area contributed by atoms with Gasteiger partial charge in [0.05, 0.1) is 16.8 Å². The summed E-state index contributed by atoms with van der Waals surface area (Å²) in [6, 6.07) is 9.33. The zero-order valence-corrected chi connectivity index (χ0v) is 13.2. The summed E-state index contributed by atoms with van der Waals surface area (Å²) in [6.45, 7) is 4.71. The lowest BCUT2D eigenvalue weighted by molar-refractivity contribution is 0.190. The first kappa shape index (κ1) is 13.7. The van der Waals surface area contributed by atoms with Crippen LogP contribution >= 0.6 is 11.3 Å². The van der Waals surface area contributed by atoms with E-state index in [0.29, 0.717) is 0 Å². The predicted molar refractivity (Wildman–Crippen MR) is 88.6 cm³/mol. The number of hydrogen-bond acceptors (Lipinski definition) is 4. The topological polar surface area (TPSA) is 28.2 Å². The first-order valence-electron chi connectivity index (χ1n) is 8.18. The number of para-hydroxylation sites is 1. The van der Waals surface area contributed by atoms with Gasteiger partial charge in [0.1, 0.15) is 5.01 Å². The predicted octanol–water partition coefficient (Wildman–Crippen LogP) is 3.26. The molecule has 1 aliphatic heterocycles. The molecule has 0 amide bonds. The minimum atomic E-state index is 0.826. The molecule has 3 nitrogen and oxygen atoms in total. The van der Waals surface area contributed by atoms with Crippen molar-refractivity contribution in [3.05, 3.63) is 29.3 Å². The molecule has 4 rings (SSSR count). The molecule has 1 saturated heterocycles. The molecule has 1 aliphatic carbocycles. The Morgan fingerprint density at radius 1 is 1.14 bits per heavy atom. The number of nitrogens with zero attached hydrogens (tertiary/aromatic N) is 2. The highest BCUT2D eigenvalue weighted by Crippen LogP contribution is 2.32. The summed E-state index contributed by atoms with van der Waals surface area (Å²) in [5, 5.41) is 4.76. The van der Waals surface area contributed by atoms with Crippen LogP contribution in [0.3, 0.4) is 0 Å². The second-order valence-corrected chi connectivity index (χ2v) is 7.54. The summed E-state index contributed by atoms with van der Waals surface area (Å²) in [7, 11) is 0. The minimum Gasteiger partial charge on any atom is -0.317 e. The van der Waals surface area contributed by atoms with Crippen molar-refractivity contribution in [2.24, 2.45) is 5.92 Å². The maximum absolute atomic E-state index is 4.82. The van der Waals surface area contributed by atoms with E-state index in [1.165, 1.54) is 55.0 Å². The summed E-state index contributed by atoms with van der Waals surface area (Å²) >= 11 is 1.87. The average Bonchev–Trinajstić information content (AvgIpc) is 3.28. The Morgan fingerprint density at radius 3 is 2.71 bits per heavy atom. The van der Waals surface area contributed by atoms with E-state index in [-0.39, 0.29) is 0 Å². The average molecular weight is 301 g/mol. The quantitative estimate of drug-likeness (QED) is 0.919. The van der Waals surface area contributed by atoms with Crippen LogP contribution in [0.25, 0.3) is 10.2 Å². The Kier molecular flexibility index (Phi) is 3.93. The number of hydrogen-bond donors (Lipinski definition) is 1. The lowest BCUT2D eigenvalue weighted by Gasteiger charge is -2.29. The molecule has 112 valence electrons. The van der Waals surface area contributed by atoms with E-state index in [2.05, 4.69) is 34.5 Å². The molecule has 0 spiro atoms. The summed E-state index contributed by atoms with van der Waals surface area (Å²) < 4.78 is 1.32. The van der Waals surface area contributed by atoms with E-state index in [4.69, 9.17) is 4.98 Å². The lowest BCUT2D eigenvalue weighted by Crippen LogP contribution is -2.37. The van der Waals surface area contributed by atoms with Crippen molar-refractivity contribution < 1.29 is 0 Å². The standard InChI is InChI=1S/C17H23N3S/c1-2-4-16-15(3-1)19-17(21-16)12-20(14-5-6-14)11-13-7-9-18-10-8-13/h1-4,13-14,18H,5-12H2. The van der Waals surface area contributed by atoms with Crippen LogP contribution in [-0.2, 0) is 6.54 Å². The number of rotatable bonds is 5. The van der Waals surface area contributed by atoms with Crippen molar-refractivity contribution in [3.63, 3.8) is 0 Å². The van der Waals surface area contributed by atoms with Crippen LogP contribution in [-0.4, -0.2) is 35.6 Å². The normalized spacial score (nSPS) is 20.4. The van der Waals surface area contributed by atoms with Crippen LogP contribution in [0.15, 0.2) is 24.3 Å². The highest BCUT2D eigenvalue weighted by molar-refractivity contribution is 7.18. The molecule has 1 aromatic heterocycles. The largest absolute Gasteiger partial charge is 0.317 e. The molecule has 2 aromatic rings. The number of benzene rings is 1. The van der Waals surface area contributed by atoms with E-state index < -0.39 is 0 Å². The van der Waals surface area contributed by atoms with Gasteiger partial charge in [-0.25, -0.2) is 4.98 Å². The van der Waals surface area contributed by atoms with Crippen LogP contribution < -0.4 is 5.32 Å². The molecule has 0 unspecified atom stereocenters. The molecular weight excluding hydrogens is 278 g/mol. The van der Waals surface area contributed by atoms with Crippen molar-refractivity contribution in [2.45, 2.75) is 38.3 Å². The Labute approximate surface area is 130 Å². The van der Waals surface area contributed by atoms with Crippen LogP contribution in [0.2, 0.25) is 0 Å². The summed E-state index contributed by atoms with van der Waals surface area (Å²) in [5.74, 6) is 0.876. The van der Waals surface area contributed by atoms with Gasteiger partial charge in [-0.05, 0) is 56.8 Å². The maximum Gasteiger partial charge on any atom is 0.108 e. The second kappa shape index (κ2) is 6.03. The Balaban J connectivity index is 1.46. The third kappa shape index (κ3) is 3.28. The molecule has 0 atom stereocenters. The fourth-order valence-corrected chi connectivity index (χ4v) is 4.33. The molecule has 2 fully saturated rings. The van der Waals surface area contributed by atoms with Crippen LogP contribution in [0.4, 0.5) is 0 Å². The van der Waals surface area contributed by atoms with Gasteiger partial charge in [0.15, 0.2) is 0 Å². The Bertz CT molecular complexity index is 566. The molecule has 1 N–H and O–H groups in total. The monoisotopic (exact) mass is 301 g/mol. The molecule has 1 saturated carbocycles. The fourth-order valence-electron chi connectivity index (χ4n) is 3.34. The van der Waals surface area contributed by atoms with Gasteiger partial charge in [0.25, 0.3) is 0 Å². The van der Waals surface area contributed by atoms with Crippen LogP contribution in [0.5, 0.6) is 0 Å². The van der Waals surface area contributed by atoms with E-state index in [1.54, 1.807) is 0 Å². The van der Waals surface area contributed by atoms with Gasteiger partial charge in [0, 0.05) is 12.6 Å². The smallest absolute Gasteiger partial charge is 0.108 e. The van der Waals surface area contributed by atoms with Crippen molar-refractivity contribution in [3.8, 4) is 0 Å². The van der Waals surface area contributed by atoms with Gasteiger partial charge in [-0.2, -0.15) is 0 Å². The first-order valence-corrected chi connectivity index (χ1v) is 8.99. The number of fused-ring (bicyclic) bond motifs is 1. The Morgan fingerprint density at radius 2 is 1.95 bits per heavy atom. The number of piperidine rings is 1. The number of aromatic nitrogens is 1. The zero-order valence-electron chi connectivity index (χ0n) is 12.4. The fraction of sp³-hybridized carbons (Fsp3) is 0.588. The summed E-state index contributed by atoms with van der Waals surface area (Å²) in [4.78, 5) is 7.52. The molecule has 1 aromatic carbocycles. The Hall–Kier alpha value is -0.970. The van der Waals surface area contributed by atoms with Crippen molar-refractivity contribution in [2.75, 3.05) is 19.6 Å². The van der Waals surface area contributed by atoms with Crippen molar-refractivity contribution in [1.29, 1.82) is 0 Å². The van der Waals surface area contributed by atoms with E-state index >= 15 is 0 Å². The lowest BCUT2D eigenvalue weighted by atomic mass is 9.97. The molecule has 4 heteroatoms. The van der Waals surface area contributed by atoms with Crippen molar-refractivity contribution in [1.82, 2.24) is 15.2 Å². The molecule has 2 heterocycles. The van der Waals surface area contributed by atoms with Gasteiger partial charge in [0.2, 0.25) is 0 Å². The summed E-state index contributed by atoms with van der Waals surface area (Å²) in [6.07, 6.45) is 5.44.